The Labute approximate surface area is 120 Å². The molecule has 1 aliphatic rings. The number of pyridine rings is 1. The summed E-state index contributed by atoms with van der Waals surface area (Å²) in [4.78, 5) is 3.91. The molecule has 0 aromatic carbocycles. The lowest BCUT2D eigenvalue weighted by atomic mass is 10.0. The minimum atomic E-state index is -2.55. The van der Waals surface area contributed by atoms with Gasteiger partial charge in [0, 0.05) is 18.9 Å². The molecule has 0 N–H and O–H groups in total. The SMILES string of the molecule is Fc1ccc(-c2cn(CCC3CCCC3(F)F)nn2)nc1. The first kappa shape index (κ1) is 14.0. The third kappa shape index (κ3) is 3.06. The number of aromatic nitrogens is 4. The molecule has 2 heterocycles. The van der Waals surface area contributed by atoms with Crippen molar-refractivity contribution in [2.24, 2.45) is 5.92 Å². The summed E-state index contributed by atoms with van der Waals surface area (Å²) in [6.07, 6.45) is 4.26. The highest BCUT2D eigenvalue weighted by Gasteiger charge is 2.43. The minimum Gasteiger partial charge on any atom is -0.252 e. The average molecular weight is 296 g/mol. The first-order chi connectivity index (χ1) is 10.0. The van der Waals surface area contributed by atoms with Crippen LogP contribution < -0.4 is 0 Å². The summed E-state index contributed by atoms with van der Waals surface area (Å²) in [5, 5.41) is 7.85. The Morgan fingerprint density at radius 1 is 1.29 bits per heavy atom. The van der Waals surface area contributed by atoms with E-state index in [1.165, 1.54) is 16.8 Å². The molecular formula is C14H15F3N4. The Morgan fingerprint density at radius 3 is 2.81 bits per heavy atom. The number of halogens is 3. The van der Waals surface area contributed by atoms with Crippen molar-refractivity contribution in [2.45, 2.75) is 38.2 Å². The number of aryl methyl sites for hydroxylation is 1. The van der Waals surface area contributed by atoms with Crippen molar-refractivity contribution >= 4 is 0 Å². The molecule has 1 unspecified atom stereocenters. The molecule has 0 aliphatic heterocycles. The minimum absolute atomic E-state index is 0.0141. The second kappa shape index (κ2) is 5.46. The molecule has 0 spiro atoms. The van der Waals surface area contributed by atoms with Crippen LogP contribution in [0.4, 0.5) is 13.2 Å². The molecule has 2 aromatic heterocycles. The average Bonchev–Trinajstić information content (AvgIpc) is 3.04. The largest absolute Gasteiger partial charge is 0.252 e. The van der Waals surface area contributed by atoms with Crippen LogP contribution >= 0.6 is 0 Å². The zero-order chi connectivity index (χ0) is 14.9. The molecule has 1 saturated carbocycles. The second-order valence-corrected chi connectivity index (χ2v) is 5.37. The standard InChI is InChI=1S/C14H15F3N4/c15-11-3-4-12(18-8-11)13-9-21(20-19-13)7-5-10-2-1-6-14(10,16)17/h3-4,8-10H,1-2,5-7H2. The summed E-state index contributed by atoms with van der Waals surface area (Å²) in [6, 6.07) is 2.80. The molecule has 21 heavy (non-hydrogen) atoms. The van der Waals surface area contributed by atoms with E-state index in [1.54, 1.807) is 6.20 Å². The van der Waals surface area contributed by atoms with E-state index in [0.717, 1.165) is 6.20 Å². The fourth-order valence-electron chi connectivity index (χ4n) is 2.70. The molecule has 3 rings (SSSR count). The van der Waals surface area contributed by atoms with Crippen molar-refractivity contribution in [3.63, 3.8) is 0 Å². The van der Waals surface area contributed by atoms with E-state index in [4.69, 9.17) is 0 Å². The van der Waals surface area contributed by atoms with Crippen molar-refractivity contribution in [3.05, 3.63) is 30.3 Å². The fraction of sp³-hybridized carbons (Fsp3) is 0.500. The predicted octanol–water partition coefficient (Wildman–Crippen LogP) is 3.30. The summed E-state index contributed by atoms with van der Waals surface area (Å²) in [5.74, 6) is -3.55. The molecule has 0 saturated heterocycles. The van der Waals surface area contributed by atoms with Gasteiger partial charge in [0.05, 0.1) is 18.1 Å². The van der Waals surface area contributed by atoms with Gasteiger partial charge in [0.1, 0.15) is 11.5 Å². The van der Waals surface area contributed by atoms with Crippen LogP contribution in [0, 0.1) is 11.7 Å². The van der Waals surface area contributed by atoms with E-state index in [-0.39, 0.29) is 6.42 Å². The van der Waals surface area contributed by atoms with Crippen LogP contribution in [0.3, 0.4) is 0 Å². The van der Waals surface area contributed by atoms with Crippen molar-refractivity contribution < 1.29 is 13.2 Å². The van der Waals surface area contributed by atoms with Gasteiger partial charge < -0.3 is 0 Å². The van der Waals surface area contributed by atoms with Crippen LogP contribution in [0.15, 0.2) is 24.5 Å². The molecule has 7 heteroatoms. The van der Waals surface area contributed by atoms with Gasteiger partial charge in [0.15, 0.2) is 0 Å². The normalized spacial score (nSPS) is 20.8. The topological polar surface area (TPSA) is 43.6 Å². The molecule has 0 bridgehead atoms. The molecule has 4 nitrogen and oxygen atoms in total. The lowest BCUT2D eigenvalue weighted by Crippen LogP contribution is -2.23. The number of alkyl halides is 2. The smallest absolute Gasteiger partial charge is 0.251 e. The highest BCUT2D eigenvalue weighted by molar-refractivity contribution is 5.51. The number of hydrogen-bond acceptors (Lipinski definition) is 3. The Bertz CT molecular complexity index is 609. The maximum absolute atomic E-state index is 13.5. The number of nitrogens with zero attached hydrogens (tertiary/aromatic N) is 4. The summed E-state index contributed by atoms with van der Waals surface area (Å²) in [6.45, 7) is 0.397. The van der Waals surface area contributed by atoms with Crippen molar-refractivity contribution in [2.75, 3.05) is 0 Å². The number of hydrogen-bond donors (Lipinski definition) is 0. The monoisotopic (exact) mass is 296 g/mol. The zero-order valence-corrected chi connectivity index (χ0v) is 11.3. The van der Waals surface area contributed by atoms with Gasteiger partial charge in [-0.1, -0.05) is 5.21 Å². The van der Waals surface area contributed by atoms with Gasteiger partial charge in [-0.15, -0.1) is 5.10 Å². The Kier molecular flexibility index (Phi) is 3.65. The van der Waals surface area contributed by atoms with Crippen LogP contribution in [0.2, 0.25) is 0 Å². The Hall–Kier alpha value is -1.92. The maximum atomic E-state index is 13.5. The van der Waals surface area contributed by atoms with E-state index in [0.29, 0.717) is 37.2 Å². The molecule has 1 fully saturated rings. The summed E-state index contributed by atoms with van der Waals surface area (Å²) < 4.78 is 41.4. The van der Waals surface area contributed by atoms with Gasteiger partial charge in [-0.25, -0.2) is 13.2 Å². The summed E-state index contributed by atoms with van der Waals surface area (Å²) in [5.41, 5.74) is 1.02. The number of rotatable bonds is 4. The highest BCUT2D eigenvalue weighted by Crippen LogP contribution is 2.42. The quantitative estimate of drug-likeness (QED) is 0.869. The van der Waals surface area contributed by atoms with Gasteiger partial charge in [-0.3, -0.25) is 9.67 Å². The van der Waals surface area contributed by atoms with Gasteiger partial charge in [-0.05, 0) is 31.4 Å². The van der Waals surface area contributed by atoms with Gasteiger partial charge in [-0.2, -0.15) is 0 Å². The summed E-state index contributed by atoms with van der Waals surface area (Å²) >= 11 is 0. The van der Waals surface area contributed by atoms with Gasteiger partial charge in [0.25, 0.3) is 5.92 Å². The van der Waals surface area contributed by atoms with Crippen molar-refractivity contribution in [1.29, 1.82) is 0 Å². The molecular weight excluding hydrogens is 281 g/mol. The highest BCUT2D eigenvalue weighted by atomic mass is 19.3. The molecule has 112 valence electrons. The van der Waals surface area contributed by atoms with E-state index < -0.39 is 17.7 Å². The van der Waals surface area contributed by atoms with E-state index in [2.05, 4.69) is 15.3 Å². The molecule has 1 aliphatic carbocycles. The molecule has 0 amide bonds. The van der Waals surface area contributed by atoms with Crippen molar-refractivity contribution in [1.82, 2.24) is 20.0 Å². The third-order valence-corrected chi connectivity index (χ3v) is 3.90. The maximum Gasteiger partial charge on any atom is 0.251 e. The van der Waals surface area contributed by atoms with Gasteiger partial charge >= 0.3 is 0 Å². The second-order valence-electron chi connectivity index (χ2n) is 5.37. The van der Waals surface area contributed by atoms with Crippen LogP contribution in [-0.4, -0.2) is 25.9 Å². The zero-order valence-electron chi connectivity index (χ0n) is 11.3. The van der Waals surface area contributed by atoms with Crippen LogP contribution in [0.25, 0.3) is 11.4 Å². The molecule has 2 aromatic rings. The van der Waals surface area contributed by atoms with Crippen LogP contribution in [-0.2, 0) is 6.54 Å². The van der Waals surface area contributed by atoms with E-state index >= 15 is 0 Å². The Morgan fingerprint density at radius 2 is 2.14 bits per heavy atom. The fourth-order valence-corrected chi connectivity index (χ4v) is 2.70. The van der Waals surface area contributed by atoms with E-state index in [1.807, 2.05) is 0 Å². The first-order valence-corrected chi connectivity index (χ1v) is 6.94. The van der Waals surface area contributed by atoms with Crippen molar-refractivity contribution in [3.8, 4) is 11.4 Å². The third-order valence-electron chi connectivity index (χ3n) is 3.90. The lowest BCUT2D eigenvalue weighted by Gasteiger charge is -2.18. The van der Waals surface area contributed by atoms with E-state index in [9.17, 15) is 13.2 Å². The first-order valence-electron chi connectivity index (χ1n) is 6.94. The Balaban J connectivity index is 1.64. The van der Waals surface area contributed by atoms with Crippen LogP contribution in [0.1, 0.15) is 25.7 Å². The van der Waals surface area contributed by atoms with Crippen LogP contribution in [0.5, 0.6) is 0 Å². The van der Waals surface area contributed by atoms with Gasteiger partial charge in [0.2, 0.25) is 0 Å². The summed E-state index contributed by atoms with van der Waals surface area (Å²) in [7, 11) is 0. The molecule has 1 atom stereocenters. The lowest BCUT2D eigenvalue weighted by molar-refractivity contribution is -0.0408. The predicted molar refractivity (Wildman–Crippen MR) is 70.1 cm³/mol. The molecule has 0 radical (unpaired) electrons.